The van der Waals surface area contributed by atoms with E-state index in [2.05, 4.69) is 10.3 Å². The predicted octanol–water partition coefficient (Wildman–Crippen LogP) is 2.11. The van der Waals surface area contributed by atoms with E-state index in [1.807, 2.05) is 49.4 Å². The molecule has 0 aliphatic carbocycles. The second kappa shape index (κ2) is 5.99. The van der Waals surface area contributed by atoms with Gasteiger partial charge in [0.2, 0.25) is 0 Å². The summed E-state index contributed by atoms with van der Waals surface area (Å²) in [4.78, 5) is 16.4. The summed E-state index contributed by atoms with van der Waals surface area (Å²) in [6.45, 7) is 2.12. The fourth-order valence-corrected chi connectivity index (χ4v) is 2.38. The summed E-state index contributed by atoms with van der Waals surface area (Å²) >= 11 is 0. The van der Waals surface area contributed by atoms with Crippen LogP contribution in [0.3, 0.4) is 0 Å². The molecule has 2 heterocycles. The van der Waals surface area contributed by atoms with Gasteiger partial charge in [-0.05, 0) is 24.6 Å². The molecule has 0 aliphatic heterocycles. The summed E-state index contributed by atoms with van der Waals surface area (Å²) in [5, 5.41) is 12.9. The topological polar surface area (TPSA) is 66.6 Å². The maximum absolute atomic E-state index is 12.2. The Hall–Kier alpha value is -2.66. The predicted molar refractivity (Wildman–Crippen MR) is 83.7 cm³/mol. The molecule has 1 amide bonds. The molecule has 1 aromatic carbocycles. The van der Waals surface area contributed by atoms with Gasteiger partial charge in [0, 0.05) is 12.7 Å². The number of aliphatic hydroxyl groups excluding tert-OH is 1. The molecule has 0 fully saturated rings. The molecular formula is C17H17N3O2. The number of aryl methyl sites for hydroxylation is 1. The molecule has 3 rings (SSSR count). The number of nitrogens with one attached hydrogen (secondary N) is 1. The van der Waals surface area contributed by atoms with Gasteiger partial charge in [0.15, 0.2) is 0 Å². The van der Waals surface area contributed by atoms with Crippen molar-refractivity contribution >= 4 is 11.6 Å². The van der Waals surface area contributed by atoms with Crippen molar-refractivity contribution in [3.8, 4) is 0 Å². The molecule has 22 heavy (non-hydrogen) atoms. The minimum absolute atomic E-state index is 0.155. The Kier molecular flexibility index (Phi) is 3.89. The van der Waals surface area contributed by atoms with Crippen molar-refractivity contribution in [2.75, 3.05) is 6.54 Å². The summed E-state index contributed by atoms with van der Waals surface area (Å²) in [5.41, 5.74) is 3.03. The van der Waals surface area contributed by atoms with Gasteiger partial charge >= 0.3 is 0 Å². The molecule has 0 aliphatic rings. The molecule has 0 saturated heterocycles. The molecule has 5 nitrogen and oxygen atoms in total. The van der Waals surface area contributed by atoms with Crippen LogP contribution in [0.25, 0.3) is 5.65 Å². The molecule has 5 heteroatoms. The van der Waals surface area contributed by atoms with E-state index in [-0.39, 0.29) is 12.5 Å². The third kappa shape index (κ3) is 2.84. The second-order valence-electron chi connectivity index (χ2n) is 5.21. The number of hydrogen-bond acceptors (Lipinski definition) is 3. The smallest absolute Gasteiger partial charge is 0.270 e. The lowest BCUT2D eigenvalue weighted by Gasteiger charge is -2.12. The average Bonchev–Trinajstić information content (AvgIpc) is 2.96. The number of imidazole rings is 1. The maximum atomic E-state index is 12.2. The first kappa shape index (κ1) is 14.3. The van der Waals surface area contributed by atoms with Crippen LogP contribution in [0.4, 0.5) is 0 Å². The molecule has 1 unspecified atom stereocenters. The summed E-state index contributed by atoms with van der Waals surface area (Å²) in [5.74, 6) is -0.259. The number of amides is 1. The van der Waals surface area contributed by atoms with Crippen LogP contribution >= 0.6 is 0 Å². The minimum atomic E-state index is -0.733. The van der Waals surface area contributed by atoms with Crippen molar-refractivity contribution in [1.82, 2.24) is 14.7 Å². The number of fused-ring (bicyclic) bond motifs is 1. The zero-order chi connectivity index (χ0) is 15.5. The molecule has 0 bridgehead atoms. The second-order valence-corrected chi connectivity index (χ2v) is 5.21. The molecule has 0 saturated carbocycles. The highest BCUT2D eigenvalue weighted by Gasteiger charge is 2.14. The Labute approximate surface area is 128 Å². The normalized spacial score (nSPS) is 12.3. The first-order chi connectivity index (χ1) is 10.6. The van der Waals surface area contributed by atoms with Crippen molar-refractivity contribution in [2.45, 2.75) is 13.0 Å². The minimum Gasteiger partial charge on any atom is -0.387 e. The fraction of sp³-hybridized carbons (Fsp3) is 0.176. The zero-order valence-corrected chi connectivity index (χ0v) is 12.2. The van der Waals surface area contributed by atoms with Crippen molar-refractivity contribution in [1.29, 1.82) is 0 Å². The van der Waals surface area contributed by atoms with E-state index in [0.29, 0.717) is 11.3 Å². The standard InChI is InChI=1S/C17H17N3O2/c1-12-5-4-6-13(9-12)15(21)11-19-17(22)14-10-18-16-7-2-3-8-20(14)16/h2-10,15,21H,11H2,1H3,(H,19,22). The number of aliphatic hydroxyl groups is 1. The van der Waals surface area contributed by atoms with E-state index in [0.717, 1.165) is 11.1 Å². The van der Waals surface area contributed by atoms with Crippen LogP contribution < -0.4 is 5.32 Å². The third-order valence-electron chi connectivity index (χ3n) is 3.53. The van der Waals surface area contributed by atoms with Gasteiger partial charge in [-0.2, -0.15) is 0 Å². The number of carbonyl (C=O) groups is 1. The van der Waals surface area contributed by atoms with Gasteiger partial charge in [0.05, 0.1) is 12.3 Å². The van der Waals surface area contributed by atoms with Gasteiger partial charge in [0.25, 0.3) is 5.91 Å². The average molecular weight is 295 g/mol. The van der Waals surface area contributed by atoms with Crippen LogP contribution in [-0.4, -0.2) is 26.9 Å². The van der Waals surface area contributed by atoms with E-state index in [9.17, 15) is 9.90 Å². The molecule has 1 atom stereocenters. The molecule has 2 N–H and O–H groups in total. The highest BCUT2D eigenvalue weighted by molar-refractivity contribution is 5.93. The van der Waals surface area contributed by atoms with Crippen molar-refractivity contribution in [3.05, 3.63) is 71.7 Å². The van der Waals surface area contributed by atoms with Gasteiger partial charge < -0.3 is 10.4 Å². The highest BCUT2D eigenvalue weighted by Crippen LogP contribution is 2.13. The van der Waals surface area contributed by atoms with Crippen LogP contribution in [0, 0.1) is 6.92 Å². The number of pyridine rings is 1. The van der Waals surface area contributed by atoms with Crippen LogP contribution in [-0.2, 0) is 0 Å². The summed E-state index contributed by atoms with van der Waals surface area (Å²) in [6.07, 6.45) is 2.58. The number of nitrogens with zero attached hydrogens (tertiary/aromatic N) is 2. The van der Waals surface area contributed by atoms with Crippen molar-refractivity contribution < 1.29 is 9.90 Å². The van der Waals surface area contributed by atoms with E-state index in [1.165, 1.54) is 6.20 Å². The lowest BCUT2D eigenvalue weighted by Crippen LogP contribution is -2.29. The van der Waals surface area contributed by atoms with Crippen LogP contribution in [0.5, 0.6) is 0 Å². The van der Waals surface area contributed by atoms with Crippen LogP contribution in [0.2, 0.25) is 0 Å². The molecular weight excluding hydrogens is 278 g/mol. The Morgan fingerprint density at radius 2 is 2.18 bits per heavy atom. The maximum Gasteiger partial charge on any atom is 0.270 e. The van der Waals surface area contributed by atoms with E-state index in [1.54, 1.807) is 10.6 Å². The van der Waals surface area contributed by atoms with Gasteiger partial charge in [0.1, 0.15) is 11.3 Å². The monoisotopic (exact) mass is 295 g/mol. The fourth-order valence-electron chi connectivity index (χ4n) is 2.38. The van der Waals surface area contributed by atoms with E-state index < -0.39 is 6.10 Å². The van der Waals surface area contributed by atoms with Gasteiger partial charge in [-0.15, -0.1) is 0 Å². The number of benzene rings is 1. The third-order valence-corrected chi connectivity index (χ3v) is 3.53. The Balaban J connectivity index is 1.70. The van der Waals surface area contributed by atoms with Crippen LogP contribution in [0.15, 0.2) is 54.9 Å². The van der Waals surface area contributed by atoms with E-state index >= 15 is 0 Å². The summed E-state index contributed by atoms with van der Waals surface area (Å²) < 4.78 is 1.72. The van der Waals surface area contributed by atoms with Crippen molar-refractivity contribution in [2.24, 2.45) is 0 Å². The lowest BCUT2D eigenvalue weighted by molar-refractivity contribution is 0.0910. The number of hydrogen-bond donors (Lipinski definition) is 2. The number of aromatic nitrogens is 2. The molecule has 2 aromatic heterocycles. The molecule has 3 aromatic rings. The molecule has 0 radical (unpaired) electrons. The Morgan fingerprint density at radius 3 is 3.00 bits per heavy atom. The number of carbonyl (C=O) groups excluding carboxylic acids is 1. The Morgan fingerprint density at radius 1 is 1.32 bits per heavy atom. The first-order valence-electron chi connectivity index (χ1n) is 7.10. The molecule has 0 spiro atoms. The zero-order valence-electron chi connectivity index (χ0n) is 12.2. The first-order valence-corrected chi connectivity index (χ1v) is 7.10. The largest absolute Gasteiger partial charge is 0.387 e. The van der Waals surface area contributed by atoms with Gasteiger partial charge in [-0.3, -0.25) is 9.20 Å². The molecule has 112 valence electrons. The quantitative estimate of drug-likeness (QED) is 0.774. The van der Waals surface area contributed by atoms with Crippen LogP contribution in [0.1, 0.15) is 27.7 Å². The van der Waals surface area contributed by atoms with E-state index in [4.69, 9.17) is 0 Å². The number of rotatable bonds is 4. The highest BCUT2D eigenvalue weighted by atomic mass is 16.3. The van der Waals surface area contributed by atoms with Gasteiger partial charge in [-0.25, -0.2) is 4.98 Å². The Bertz CT molecular complexity index is 810. The van der Waals surface area contributed by atoms with Crippen molar-refractivity contribution in [3.63, 3.8) is 0 Å². The lowest BCUT2D eigenvalue weighted by atomic mass is 10.1. The summed E-state index contributed by atoms with van der Waals surface area (Å²) in [6, 6.07) is 13.1. The SMILES string of the molecule is Cc1cccc(C(O)CNC(=O)c2cnc3ccccn23)c1. The van der Waals surface area contributed by atoms with Gasteiger partial charge in [-0.1, -0.05) is 35.9 Å². The summed E-state index contributed by atoms with van der Waals surface area (Å²) in [7, 11) is 0.